The molecular formula is C39H34F3N5O2. The number of fused-ring (bicyclic) bond motifs is 1. The first-order chi connectivity index (χ1) is 23.7. The van der Waals surface area contributed by atoms with E-state index in [2.05, 4.69) is 76.3 Å². The lowest BCUT2D eigenvalue weighted by atomic mass is 10.00. The molecule has 7 rings (SSSR count). The third kappa shape index (κ3) is 6.77. The van der Waals surface area contributed by atoms with Gasteiger partial charge in [0, 0.05) is 58.9 Å². The minimum Gasteiger partial charge on any atom is -0.378 e. The number of nitrogens with zero attached hydrogens (tertiary/aromatic N) is 4. The number of hydrogen-bond acceptors (Lipinski definition) is 5. The van der Waals surface area contributed by atoms with Crippen molar-refractivity contribution in [2.45, 2.75) is 26.4 Å². The Kier molecular flexibility index (Phi) is 8.64. The number of carbonyl (C=O) groups excluding carboxylic acids is 1. The molecule has 4 aromatic carbocycles. The van der Waals surface area contributed by atoms with Crippen LogP contribution in [-0.4, -0.2) is 46.7 Å². The molecular weight excluding hydrogens is 627 g/mol. The number of halogens is 3. The molecule has 0 unspecified atom stereocenters. The molecule has 7 nitrogen and oxygen atoms in total. The zero-order chi connectivity index (χ0) is 34.1. The molecule has 10 heteroatoms. The maximum absolute atomic E-state index is 13.9. The standard InChI is InChI=1S/C39H34F3N5O2/c1-3-31-22-37(44-24-43-31)47-23-35(26-9-7-25(2)8-10-26)34-12-11-28(20-36(34)47)27-5-4-6-32(18-27)45-38(48)29-17-30(39(40,41)42)21-33(19-29)46-13-15-49-16-14-46/h4-12,17-24H,3,13-16H2,1-2H3,(H,45,48). The minimum absolute atomic E-state index is 0.0686. The topological polar surface area (TPSA) is 72.3 Å². The van der Waals surface area contributed by atoms with E-state index in [0.717, 1.165) is 63.2 Å². The number of alkyl halides is 3. The number of benzene rings is 4. The summed E-state index contributed by atoms with van der Waals surface area (Å²) in [6.45, 7) is 5.83. The van der Waals surface area contributed by atoms with Crippen molar-refractivity contribution < 1.29 is 22.7 Å². The van der Waals surface area contributed by atoms with Crippen molar-refractivity contribution in [3.63, 3.8) is 0 Å². The summed E-state index contributed by atoms with van der Waals surface area (Å²) in [4.78, 5) is 24.2. The van der Waals surface area contributed by atoms with E-state index in [4.69, 9.17) is 4.74 Å². The zero-order valence-electron chi connectivity index (χ0n) is 27.1. The Morgan fingerprint density at radius 1 is 0.878 bits per heavy atom. The van der Waals surface area contributed by atoms with E-state index in [-0.39, 0.29) is 5.56 Å². The molecule has 248 valence electrons. The van der Waals surface area contributed by atoms with E-state index < -0.39 is 17.6 Å². The van der Waals surface area contributed by atoms with Gasteiger partial charge < -0.3 is 19.5 Å². The SMILES string of the molecule is CCc1cc(-n2cc(-c3ccc(C)cc3)c3ccc(-c4cccc(NC(=O)c5cc(N6CCOCC6)cc(C(F)(F)F)c5)c4)cc32)ncn1. The van der Waals surface area contributed by atoms with Crippen molar-refractivity contribution in [1.29, 1.82) is 0 Å². The molecule has 6 aromatic rings. The van der Waals surface area contributed by atoms with Crippen LogP contribution in [0.3, 0.4) is 0 Å². The number of nitrogens with one attached hydrogen (secondary N) is 1. The highest BCUT2D eigenvalue weighted by Crippen LogP contribution is 2.37. The van der Waals surface area contributed by atoms with Crippen molar-refractivity contribution in [1.82, 2.24) is 14.5 Å². The molecule has 1 aliphatic rings. The average Bonchev–Trinajstić information content (AvgIpc) is 3.51. The van der Waals surface area contributed by atoms with Gasteiger partial charge in [0.05, 0.1) is 24.3 Å². The molecule has 0 radical (unpaired) electrons. The van der Waals surface area contributed by atoms with E-state index in [1.54, 1.807) is 17.3 Å². The van der Waals surface area contributed by atoms with Crippen molar-refractivity contribution in [3.05, 3.63) is 126 Å². The van der Waals surface area contributed by atoms with Gasteiger partial charge in [-0.3, -0.25) is 4.79 Å². The Balaban J connectivity index is 1.24. The number of carbonyl (C=O) groups is 1. The first kappa shape index (κ1) is 32.1. The van der Waals surface area contributed by atoms with E-state index in [1.165, 1.54) is 11.6 Å². The van der Waals surface area contributed by atoms with Crippen LogP contribution in [0.1, 0.15) is 34.1 Å². The number of rotatable bonds is 7. The van der Waals surface area contributed by atoms with Crippen molar-refractivity contribution in [2.75, 3.05) is 36.5 Å². The molecule has 0 saturated carbocycles. The molecule has 1 fully saturated rings. The first-order valence-electron chi connectivity index (χ1n) is 16.2. The quantitative estimate of drug-likeness (QED) is 0.185. The van der Waals surface area contributed by atoms with Gasteiger partial charge in [-0.25, -0.2) is 9.97 Å². The highest BCUT2D eigenvalue weighted by atomic mass is 19.4. The summed E-state index contributed by atoms with van der Waals surface area (Å²) in [6, 6.07) is 27.4. The van der Waals surface area contributed by atoms with Crippen molar-refractivity contribution in [2.24, 2.45) is 0 Å². The Morgan fingerprint density at radius 2 is 1.63 bits per heavy atom. The van der Waals surface area contributed by atoms with Crippen LogP contribution in [-0.2, 0) is 17.3 Å². The molecule has 1 saturated heterocycles. The summed E-state index contributed by atoms with van der Waals surface area (Å²) in [7, 11) is 0. The molecule has 49 heavy (non-hydrogen) atoms. The van der Waals surface area contributed by atoms with Crippen molar-refractivity contribution in [3.8, 4) is 28.1 Å². The van der Waals surface area contributed by atoms with Gasteiger partial charge in [-0.2, -0.15) is 13.2 Å². The molecule has 3 heterocycles. The summed E-state index contributed by atoms with van der Waals surface area (Å²) in [6.07, 6.45) is -0.150. The maximum Gasteiger partial charge on any atom is 0.416 e. The van der Waals surface area contributed by atoms with Crippen LogP contribution in [0, 0.1) is 6.92 Å². The Bertz CT molecular complexity index is 2150. The van der Waals surface area contributed by atoms with Crippen LogP contribution < -0.4 is 10.2 Å². The first-order valence-corrected chi connectivity index (χ1v) is 16.2. The smallest absolute Gasteiger partial charge is 0.378 e. The molecule has 0 aliphatic carbocycles. The second-order valence-electron chi connectivity index (χ2n) is 12.1. The highest BCUT2D eigenvalue weighted by molar-refractivity contribution is 6.05. The second kappa shape index (κ2) is 13.2. The lowest BCUT2D eigenvalue weighted by Crippen LogP contribution is -2.36. The minimum atomic E-state index is -4.60. The predicted molar refractivity (Wildman–Crippen MR) is 186 cm³/mol. The Hall–Kier alpha value is -5.48. The Morgan fingerprint density at radius 3 is 2.39 bits per heavy atom. The number of amides is 1. The molecule has 0 bridgehead atoms. The van der Waals surface area contributed by atoms with E-state index >= 15 is 0 Å². The summed E-state index contributed by atoms with van der Waals surface area (Å²) in [5.41, 5.74) is 6.81. The summed E-state index contributed by atoms with van der Waals surface area (Å²) < 4.78 is 49.0. The summed E-state index contributed by atoms with van der Waals surface area (Å²) in [5, 5.41) is 3.87. The lowest BCUT2D eigenvalue weighted by Gasteiger charge is -2.29. The van der Waals surface area contributed by atoms with Crippen LogP contribution in [0.4, 0.5) is 24.5 Å². The van der Waals surface area contributed by atoms with Crippen molar-refractivity contribution >= 4 is 28.2 Å². The molecule has 1 N–H and O–H groups in total. The van der Waals surface area contributed by atoms with Crippen LogP contribution in [0.5, 0.6) is 0 Å². The number of hydrogen-bond donors (Lipinski definition) is 1. The highest BCUT2D eigenvalue weighted by Gasteiger charge is 2.32. The average molecular weight is 662 g/mol. The van der Waals surface area contributed by atoms with Crippen LogP contribution in [0.25, 0.3) is 39.0 Å². The number of anilines is 2. The fourth-order valence-electron chi connectivity index (χ4n) is 6.16. The molecule has 1 amide bonds. The number of ether oxygens (including phenoxy) is 1. The maximum atomic E-state index is 13.9. The van der Waals surface area contributed by atoms with Gasteiger partial charge >= 0.3 is 6.18 Å². The Labute approximate surface area is 282 Å². The van der Waals surface area contributed by atoms with Crippen LogP contribution in [0.15, 0.2) is 104 Å². The molecule has 1 aliphatic heterocycles. The van der Waals surface area contributed by atoms with Gasteiger partial charge in [0.25, 0.3) is 5.91 Å². The molecule has 0 spiro atoms. The normalized spacial score (nSPS) is 13.5. The van der Waals surface area contributed by atoms with Crippen LogP contribution in [0.2, 0.25) is 0 Å². The third-order valence-electron chi connectivity index (χ3n) is 8.82. The predicted octanol–water partition coefficient (Wildman–Crippen LogP) is 8.73. The fourth-order valence-corrected chi connectivity index (χ4v) is 6.16. The van der Waals surface area contributed by atoms with E-state index in [9.17, 15) is 18.0 Å². The zero-order valence-corrected chi connectivity index (χ0v) is 27.1. The summed E-state index contributed by atoms with van der Waals surface area (Å²) in [5.74, 6) is 0.131. The molecule has 0 atom stereocenters. The second-order valence-corrected chi connectivity index (χ2v) is 12.1. The lowest BCUT2D eigenvalue weighted by molar-refractivity contribution is -0.137. The monoisotopic (exact) mass is 661 g/mol. The number of morpholine rings is 1. The van der Waals surface area contributed by atoms with Gasteiger partial charge in [-0.05, 0) is 66.4 Å². The third-order valence-corrected chi connectivity index (χ3v) is 8.82. The van der Waals surface area contributed by atoms with Gasteiger partial charge in [-0.1, -0.05) is 61.0 Å². The van der Waals surface area contributed by atoms with Gasteiger partial charge in [0.15, 0.2) is 0 Å². The van der Waals surface area contributed by atoms with Gasteiger partial charge in [0.2, 0.25) is 0 Å². The van der Waals surface area contributed by atoms with E-state index in [0.29, 0.717) is 37.7 Å². The number of aryl methyl sites for hydroxylation is 2. The largest absolute Gasteiger partial charge is 0.416 e. The van der Waals surface area contributed by atoms with Crippen LogP contribution >= 0.6 is 0 Å². The van der Waals surface area contributed by atoms with Gasteiger partial charge in [-0.15, -0.1) is 0 Å². The van der Waals surface area contributed by atoms with E-state index in [1.807, 2.05) is 30.3 Å². The summed E-state index contributed by atoms with van der Waals surface area (Å²) >= 11 is 0. The fraction of sp³-hybridized carbons (Fsp3) is 0.205. The van der Waals surface area contributed by atoms with Gasteiger partial charge in [0.1, 0.15) is 12.1 Å². The number of aromatic nitrogens is 3. The molecule has 2 aromatic heterocycles.